The van der Waals surface area contributed by atoms with Gasteiger partial charge in [0.15, 0.2) is 5.82 Å². The number of H-pyrrole nitrogens is 1. The van der Waals surface area contributed by atoms with Crippen LogP contribution in [0.4, 0.5) is 11.6 Å². The molecule has 0 spiro atoms. The van der Waals surface area contributed by atoms with E-state index in [-0.39, 0.29) is 0 Å². The summed E-state index contributed by atoms with van der Waals surface area (Å²) in [7, 11) is 0. The molecule has 0 fully saturated rings. The maximum atomic E-state index is 11.0. The van der Waals surface area contributed by atoms with Crippen LogP contribution in [0.3, 0.4) is 0 Å². The fourth-order valence-electron chi connectivity index (χ4n) is 1.27. The van der Waals surface area contributed by atoms with Gasteiger partial charge in [0, 0.05) is 23.5 Å². The Labute approximate surface area is 91.9 Å². The predicted octanol–water partition coefficient (Wildman–Crippen LogP) is 0.956. The number of hydrogen-bond donors (Lipinski definition) is 3. The van der Waals surface area contributed by atoms with E-state index in [1.807, 2.05) is 13.0 Å². The average Bonchev–Trinajstić information content (AvgIpc) is 2.64. The summed E-state index contributed by atoms with van der Waals surface area (Å²) in [6, 6.07) is 4.97. The molecule has 2 heterocycles. The van der Waals surface area contributed by atoms with E-state index in [1.54, 1.807) is 12.1 Å². The molecule has 2 aromatic rings. The van der Waals surface area contributed by atoms with Crippen molar-refractivity contribution < 1.29 is 4.79 Å². The normalized spacial score (nSPS) is 10.1. The van der Waals surface area contributed by atoms with Crippen molar-refractivity contribution in [3.05, 3.63) is 35.7 Å². The van der Waals surface area contributed by atoms with Crippen molar-refractivity contribution in [3.8, 4) is 0 Å². The molecule has 2 rings (SSSR count). The zero-order valence-electron chi connectivity index (χ0n) is 8.69. The summed E-state index contributed by atoms with van der Waals surface area (Å²) >= 11 is 0. The number of aromatic nitrogens is 3. The number of aryl methyl sites for hydroxylation is 1. The summed E-state index contributed by atoms with van der Waals surface area (Å²) in [5.41, 5.74) is 6.51. The highest BCUT2D eigenvalue weighted by atomic mass is 16.1. The number of amides is 1. The van der Waals surface area contributed by atoms with Crippen LogP contribution in [0.1, 0.15) is 16.1 Å². The van der Waals surface area contributed by atoms with Crippen molar-refractivity contribution in [2.45, 2.75) is 6.92 Å². The number of carbonyl (C=O) groups excluding carboxylic acids is 1. The Morgan fingerprint density at radius 3 is 2.88 bits per heavy atom. The summed E-state index contributed by atoms with van der Waals surface area (Å²) in [6.45, 7) is 1.89. The molecule has 1 amide bonds. The Kier molecular flexibility index (Phi) is 2.55. The zero-order valence-corrected chi connectivity index (χ0v) is 8.69. The van der Waals surface area contributed by atoms with Gasteiger partial charge in [0.05, 0.1) is 0 Å². The quantitative estimate of drug-likeness (QED) is 0.713. The van der Waals surface area contributed by atoms with Gasteiger partial charge in [-0.25, -0.2) is 4.98 Å². The Morgan fingerprint density at radius 1 is 1.44 bits per heavy atom. The van der Waals surface area contributed by atoms with Crippen LogP contribution < -0.4 is 11.1 Å². The molecule has 0 bridgehead atoms. The minimum Gasteiger partial charge on any atom is -0.366 e. The molecule has 82 valence electrons. The first-order valence-electron chi connectivity index (χ1n) is 4.70. The maximum Gasteiger partial charge on any atom is 0.248 e. The minimum absolute atomic E-state index is 0.407. The largest absolute Gasteiger partial charge is 0.366 e. The lowest BCUT2D eigenvalue weighted by molar-refractivity contribution is 0.1000. The monoisotopic (exact) mass is 217 g/mol. The maximum absolute atomic E-state index is 11.0. The van der Waals surface area contributed by atoms with E-state index < -0.39 is 5.91 Å². The molecule has 6 heteroatoms. The molecule has 0 aliphatic heterocycles. The number of anilines is 2. The number of hydrogen-bond acceptors (Lipinski definition) is 4. The molecule has 0 saturated carbocycles. The van der Waals surface area contributed by atoms with Gasteiger partial charge in [-0.15, -0.1) is 0 Å². The minimum atomic E-state index is -0.483. The molecular weight excluding hydrogens is 206 g/mol. The Morgan fingerprint density at radius 2 is 2.25 bits per heavy atom. The first kappa shape index (κ1) is 10.2. The van der Waals surface area contributed by atoms with Crippen LogP contribution in [-0.4, -0.2) is 21.1 Å². The lowest BCUT2D eigenvalue weighted by Crippen LogP contribution is -2.11. The number of primary amides is 1. The van der Waals surface area contributed by atoms with E-state index in [0.29, 0.717) is 17.2 Å². The van der Waals surface area contributed by atoms with E-state index >= 15 is 0 Å². The van der Waals surface area contributed by atoms with Gasteiger partial charge in [0.1, 0.15) is 5.82 Å². The van der Waals surface area contributed by atoms with Crippen LogP contribution in [0, 0.1) is 6.92 Å². The number of carbonyl (C=O) groups is 1. The van der Waals surface area contributed by atoms with Gasteiger partial charge in [-0.3, -0.25) is 9.89 Å². The smallest absolute Gasteiger partial charge is 0.248 e. The van der Waals surface area contributed by atoms with Crippen LogP contribution in [-0.2, 0) is 0 Å². The van der Waals surface area contributed by atoms with E-state index in [4.69, 9.17) is 5.73 Å². The fourth-order valence-corrected chi connectivity index (χ4v) is 1.27. The Hall–Kier alpha value is -2.37. The summed E-state index contributed by atoms with van der Waals surface area (Å²) in [5.74, 6) is 0.693. The van der Waals surface area contributed by atoms with Crippen molar-refractivity contribution in [1.82, 2.24) is 15.2 Å². The molecule has 0 aliphatic carbocycles. The summed E-state index contributed by atoms with van der Waals surface area (Å²) in [4.78, 5) is 15.0. The molecule has 0 aromatic carbocycles. The molecule has 16 heavy (non-hydrogen) atoms. The van der Waals surface area contributed by atoms with Crippen LogP contribution in [0.2, 0.25) is 0 Å². The van der Waals surface area contributed by atoms with Crippen LogP contribution in [0.5, 0.6) is 0 Å². The topological polar surface area (TPSA) is 96.7 Å². The number of rotatable bonds is 3. The third-order valence-electron chi connectivity index (χ3n) is 2.01. The number of aromatic amines is 1. The number of nitrogens with zero attached hydrogens (tertiary/aromatic N) is 2. The van der Waals surface area contributed by atoms with Gasteiger partial charge in [0.2, 0.25) is 5.91 Å². The van der Waals surface area contributed by atoms with Crippen molar-refractivity contribution in [2.24, 2.45) is 5.73 Å². The highest BCUT2D eigenvalue weighted by Gasteiger charge is 2.03. The molecule has 0 saturated heterocycles. The van der Waals surface area contributed by atoms with Crippen molar-refractivity contribution >= 4 is 17.5 Å². The van der Waals surface area contributed by atoms with Crippen molar-refractivity contribution in [1.29, 1.82) is 0 Å². The standard InChI is InChI=1S/C10H11N5O/c1-6-4-9(15-14-6)13-8-5-7(10(11)16)2-3-12-8/h2-5H,1H3,(H2,11,16)(H2,12,13,14,15). The first-order chi connectivity index (χ1) is 7.65. The molecule has 0 radical (unpaired) electrons. The van der Waals surface area contributed by atoms with Gasteiger partial charge in [-0.05, 0) is 19.1 Å². The average molecular weight is 217 g/mol. The SMILES string of the molecule is Cc1cc(Nc2cc(C(N)=O)ccn2)n[nH]1. The first-order valence-corrected chi connectivity index (χ1v) is 4.70. The van der Waals surface area contributed by atoms with Crippen molar-refractivity contribution in [2.75, 3.05) is 5.32 Å². The van der Waals surface area contributed by atoms with Gasteiger partial charge < -0.3 is 11.1 Å². The molecule has 2 aromatic heterocycles. The van der Waals surface area contributed by atoms with E-state index in [0.717, 1.165) is 5.69 Å². The van der Waals surface area contributed by atoms with Crippen molar-refractivity contribution in [3.63, 3.8) is 0 Å². The third-order valence-corrected chi connectivity index (χ3v) is 2.01. The van der Waals surface area contributed by atoms with E-state index in [9.17, 15) is 4.79 Å². The fraction of sp³-hybridized carbons (Fsp3) is 0.100. The Balaban J connectivity index is 2.21. The number of nitrogens with two attached hydrogens (primary N) is 1. The summed E-state index contributed by atoms with van der Waals surface area (Å²) in [6.07, 6.45) is 1.52. The second kappa shape index (κ2) is 4.01. The third kappa shape index (κ3) is 2.17. The Bertz CT molecular complexity index is 519. The highest BCUT2D eigenvalue weighted by Crippen LogP contribution is 2.13. The summed E-state index contributed by atoms with van der Waals surface area (Å²) in [5, 5.41) is 9.75. The lowest BCUT2D eigenvalue weighted by atomic mass is 10.2. The molecule has 0 atom stereocenters. The lowest BCUT2D eigenvalue weighted by Gasteiger charge is -2.02. The highest BCUT2D eigenvalue weighted by molar-refractivity contribution is 5.93. The van der Waals surface area contributed by atoms with Gasteiger partial charge >= 0.3 is 0 Å². The van der Waals surface area contributed by atoms with Crippen LogP contribution in [0.25, 0.3) is 0 Å². The second-order valence-corrected chi connectivity index (χ2v) is 3.36. The molecule has 0 aliphatic rings. The molecule has 4 N–H and O–H groups in total. The zero-order chi connectivity index (χ0) is 11.5. The van der Waals surface area contributed by atoms with Crippen LogP contribution in [0.15, 0.2) is 24.4 Å². The van der Waals surface area contributed by atoms with E-state index in [1.165, 1.54) is 6.20 Å². The number of pyridine rings is 1. The van der Waals surface area contributed by atoms with Gasteiger partial charge in [-0.1, -0.05) is 0 Å². The number of nitrogens with one attached hydrogen (secondary N) is 2. The molecule has 0 unspecified atom stereocenters. The summed E-state index contributed by atoms with van der Waals surface area (Å²) < 4.78 is 0. The van der Waals surface area contributed by atoms with E-state index in [2.05, 4.69) is 20.5 Å². The predicted molar refractivity (Wildman–Crippen MR) is 59.4 cm³/mol. The van der Waals surface area contributed by atoms with Gasteiger partial charge in [0.25, 0.3) is 0 Å². The van der Waals surface area contributed by atoms with Crippen LogP contribution >= 0.6 is 0 Å². The second-order valence-electron chi connectivity index (χ2n) is 3.36. The van der Waals surface area contributed by atoms with Gasteiger partial charge in [-0.2, -0.15) is 5.10 Å². The molecular formula is C10H11N5O. The molecule has 6 nitrogen and oxygen atoms in total.